The predicted molar refractivity (Wildman–Crippen MR) is 66.6 cm³/mol. The average molecular weight is 251 g/mol. The van der Waals surface area contributed by atoms with Crippen LogP contribution in [-0.2, 0) is 16.0 Å². The summed E-state index contributed by atoms with van der Waals surface area (Å²) >= 11 is 0. The van der Waals surface area contributed by atoms with Gasteiger partial charge < -0.3 is 15.2 Å². The summed E-state index contributed by atoms with van der Waals surface area (Å²) in [5.41, 5.74) is -0.491. The highest BCUT2D eigenvalue weighted by Gasteiger charge is 2.34. The van der Waals surface area contributed by atoms with Crippen molar-refractivity contribution in [1.82, 2.24) is 5.32 Å². The molecule has 1 amide bonds. The molecule has 0 radical (unpaired) electrons. The van der Waals surface area contributed by atoms with E-state index in [1.54, 1.807) is 31.4 Å². The van der Waals surface area contributed by atoms with Gasteiger partial charge in [-0.3, -0.25) is 4.79 Å². The van der Waals surface area contributed by atoms with E-state index in [0.717, 1.165) is 5.56 Å². The molecule has 0 saturated carbocycles. The van der Waals surface area contributed by atoms with Crippen LogP contribution in [0.2, 0.25) is 0 Å². The molecule has 1 aromatic carbocycles. The Morgan fingerprint density at radius 1 is 1.33 bits per heavy atom. The van der Waals surface area contributed by atoms with Gasteiger partial charge in [0.1, 0.15) is 11.3 Å². The Labute approximate surface area is 106 Å². The third-order valence-corrected chi connectivity index (χ3v) is 2.64. The van der Waals surface area contributed by atoms with Crippen molar-refractivity contribution in [2.24, 2.45) is 0 Å². The van der Waals surface area contributed by atoms with Gasteiger partial charge in [-0.15, -0.1) is 0 Å². The van der Waals surface area contributed by atoms with Gasteiger partial charge >= 0.3 is 5.97 Å². The van der Waals surface area contributed by atoms with Gasteiger partial charge in [-0.05, 0) is 24.6 Å². The summed E-state index contributed by atoms with van der Waals surface area (Å²) < 4.78 is 5.03. The molecule has 1 rings (SSSR count). The molecule has 0 bridgehead atoms. The minimum absolute atomic E-state index is 0.214. The van der Waals surface area contributed by atoms with Crippen molar-refractivity contribution in [3.8, 4) is 5.75 Å². The summed E-state index contributed by atoms with van der Waals surface area (Å²) in [6.07, 6.45) is 0.214. The Bertz CT molecular complexity index is 441. The highest BCUT2D eigenvalue weighted by Crippen LogP contribution is 2.17. The SMILES string of the molecule is COc1ccc(C[C@](C)(NC(C)=O)C(=O)O)cc1. The lowest BCUT2D eigenvalue weighted by molar-refractivity contribution is -0.146. The first-order valence-corrected chi connectivity index (χ1v) is 5.52. The van der Waals surface area contributed by atoms with Crippen LogP contribution in [-0.4, -0.2) is 29.6 Å². The van der Waals surface area contributed by atoms with Gasteiger partial charge in [0.2, 0.25) is 5.91 Å². The summed E-state index contributed by atoms with van der Waals surface area (Å²) in [5.74, 6) is -0.725. The molecule has 1 aromatic rings. The number of hydrogen-bond donors (Lipinski definition) is 2. The van der Waals surface area contributed by atoms with Gasteiger partial charge in [0.05, 0.1) is 7.11 Å². The van der Waals surface area contributed by atoms with Crippen molar-refractivity contribution in [2.45, 2.75) is 25.8 Å². The topological polar surface area (TPSA) is 75.6 Å². The van der Waals surface area contributed by atoms with E-state index in [1.165, 1.54) is 13.8 Å². The summed E-state index contributed by atoms with van der Waals surface area (Å²) in [4.78, 5) is 22.3. The molecule has 5 heteroatoms. The van der Waals surface area contributed by atoms with Crippen LogP contribution in [0.25, 0.3) is 0 Å². The van der Waals surface area contributed by atoms with Crippen LogP contribution in [0.5, 0.6) is 5.75 Å². The van der Waals surface area contributed by atoms with Crippen LogP contribution in [0.4, 0.5) is 0 Å². The molecule has 0 fully saturated rings. The monoisotopic (exact) mass is 251 g/mol. The first kappa shape index (κ1) is 14.0. The molecular weight excluding hydrogens is 234 g/mol. The molecule has 0 aliphatic heterocycles. The number of carboxylic acid groups (broad SMARTS) is 1. The Kier molecular flexibility index (Phi) is 4.31. The maximum Gasteiger partial charge on any atom is 0.329 e. The third kappa shape index (κ3) is 3.48. The smallest absolute Gasteiger partial charge is 0.329 e. The largest absolute Gasteiger partial charge is 0.497 e. The van der Waals surface area contributed by atoms with Gasteiger partial charge in [-0.2, -0.15) is 0 Å². The van der Waals surface area contributed by atoms with Crippen molar-refractivity contribution >= 4 is 11.9 Å². The summed E-state index contributed by atoms with van der Waals surface area (Å²) in [6, 6.07) is 7.07. The summed E-state index contributed by atoms with van der Waals surface area (Å²) in [7, 11) is 1.56. The van der Waals surface area contributed by atoms with Crippen LogP contribution in [0, 0.1) is 0 Å². The van der Waals surface area contributed by atoms with E-state index in [0.29, 0.717) is 5.75 Å². The summed E-state index contributed by atoms with van der Waals surface area (Å²) in [5, 5.41) is 11.7. The number of carbonyl (C=O) groups excluding carboxylic acids is 1. The standard InChI is InChI=1S/C13H17NO4/c1-9(15)14-13(2,12(16)17)8-10-4-6-11(18-3)7-5-10/h4-7H,8H2,1-3H3,(H,14,15)(H,16,17)/t13-/m0/s1. The molecule has 0 heterocycles. The lowest BCUT2D eigenvalue weighted by Gasteiger charge is -2.25. The van der Waals surface area contributed by atoms with Crippen LogP contribution in [0.3, 0.4) is 0 Å². The maximum atomic E-state index is 11.2. The van der Waals surface area contributed by atoms with Gasteiger partial charge in [0.25, 0.3) is 0 Å². The van der Waals surface area contributed by atoms with Crippen molar-refractivity contribution in [2.75, 3.05) is 7.11 Å². The first-order valence-electron chi connectivity index (χ1n) is 5.52. The summed E-state index contributed by atoms with van der Waals surface area (Å²) in [6.45, 7) is 2.79. The molecule has 1 atom stereocenters. The number of amides is 1. The Morgan fingerprint density at radius 2 is 1.89 bits per heavy atom. The average Bonchev–Trinajstić information content (AvgIpc) is 2.28. The van der Waals surface area contributed by atoms with Crippen LogP contribution < -0.4 is 10.1 Å². The second-order valence-electron chi connectivity index (χ2n) is 4.34. The Hall–Kier alpha value is -2.04. The number of benzene rings is 1. The minimum Gasteiger partial charge on any atom is -0.497 e. The molecule has 5 nitrogen and oxygen atoms in total. The van der Waals surface area contributed by atoms with Crippen molar-refractivity contribution in [1.29, 1.82) is 0 Å². The molecule has 0 spiro atoms. The number of nitrogens with one attached hydrogen (secondary N) is 1. The molecule has 0 aromatic heterocycles. The van der Waals surface area contributed by atoms with Crippen molar-refractivity contribution < 1.29 is 19.4 Å². The third-order valence-electron chi connectivity index (χ3n) is 2.64. The van der Waals surface area contributed by atoms with E-state index in [2.05, 4.69) is 5.32 Å². The van der Waals surface area contributed by atoms with E-state index in [9.17, 15) is 14.7 Å². The zero-order valence-corrected chi connectivity index (χ0v) is 10.7. The molecule has 98 valence electrons. The predicted octanol–water partition coefficient (Wildman–Crippen LogP) is 1.22. The quantitative estimate of drug-likeness (QED) is 0.825. The van der Waals surface area contributed by atoms with Gasteiger partial charge in [-0.1, -0.05) is 12.1 Å². The van der Waals surface area contributed by atoms with E-state index >= 15 is 0 Å². The molecule has 0 unspecified atom stereocenters. The number of carboxylic acids is 1. The number of methoxy groups -OCH3 is 1. The Morgan fingerprint density at radius 3 is 2.28 bits per heavy atom. The maximum absolute atomic E-state index is 11.2. The highest BCUT2D eigenvalue weighted by atomic mass is 16.5. The highest BCUT2D eigenvalue weighted by molar-refractivity contribution is 5.85. The molecule has 18 heavy (non-hydrogen) atoms. The molecular formula is C13H17NO4. The van der Waals surface area contributed by atoms with Crippen molar-refractivity contribution in [3.05, 3.63) is 29.8 Å². The minimum atomic E-state index is -1.31. The number of ether oxygens (including phenoxy) is 1. The van der Waals surface area contributed by atoms with E-state index in [-0.39, 0.29) is 12.3 Å². The van der Waals surface area contributed by atoms with E-state index < -0.39 is 11.5 Å². The zero-order valence-electron chi connectivity index (χ0n) is 10.7. The Balaban J connectivity index is 2.89. The lowest BCUT2D eigenvalue weighted by atomic mass is 9.92. The number of rotatable bonds is 5. The lowest BCUT2D eigenvalue weighted by Crippen LogP contribution is -2.53. The number of hydrogen-bond acceptors (Lipinski definition) is 3. The first-order chi connectivity index (χ1) is 8.37. The van der Waals surface area contributed by atoms with Crippen LogP contribution in [0.15, 0.2) is 24.3 Å². The van der Waals surface area contributed by atoms with E-state index in [4.69, 9.17) is 4.74 Å². The fraction of sp³-hybridized carbons (Fsp3) is 0.385. The van der Waals surface area contributed by atoms with E-state index in [1.807, 2.05) is 0 Å². The normalized spacial score (nSPS) is 13.5. The number of aliphatic carboxylic acids is 1. The van der Waals surface area contributed by atoms with Crippen LogP contribution in [0.1, 0.15) is 19.4 Å². The second-order valence-corrected chi connectivity index (χ2v) is 4.34. The number of carbonyl (C=O) groups is 2. The fourth-order valence-electron chi connectivity index (χ4n) is 1.71. The van der Waals surface area contributed by atoms with Gasteiger partial charge in [0.15, 0.2) is 0 Å². The van der Waals surface area contributed by atoms with Gasteiger partial charge in [0, 0.05) is 13.3 Å². The van der Waals surface area contributed by atoms with Crippen molar-refractivity contribution in [3.63, 3.8) is 0 Å². The zero-order chi connectivity index (χ0) is 13.8. The molecule has 0 aliphatic rings. The van der Waals surface area contributed by atoms with Crippen LogP contribution >= 0.6 is 0 Å². The molecule has 2 N–H and O–H groups in total. The molecule has 0 saturated heterocycles. The second kappa shape index (κ2) is 5.53. The molecule has 0 aliphatic carbocycles. The fourth-order valence-corrected chi connectivity index (χ4v) is 1.71. The van der Waals surface area contributed by atoms with Gasteiger partial charge in [-0.25, -0.2) is 4.79 Å².